The Balaban J connectivity index is 2.51. The van der Waals surface area contributed by atoms with Crippen molar-refractivity contribution in [1.82, 2.24) is 5.32 Å². The highest BCUT2D eigenvalue weighted by molar-refractivity contribution is 5.58. The molecule has 3 heteroatoms. The Morgan fingerprint density at radius 2 is 2.08 bits per heavy atom. The zero-order valence-corrected chi connectivity index (χ0v) is 7.44. The molecule has 0 amide bonds. The minimum Gasteiger partial charge on any atom is -0.318 e. The molecule has 1 aromatic rings. The predicted molar refractivity (Wildman–Crippen MR) is 52.2 cm³/mol. The summed E-state index contributed by atoms with van der Waals surface area (Å²) in [7, 11) is 0. The van der Waals surface area contributed by atoms with Crippen molar-refractivity contribution >= 4 is 6.29 Å². The lowest BCUT2D eigenvalue weighted by molar-refractivity contribution is -0.109. The number of carbonyl (C=O) groups excluding carboxylic acids is 1. The van der Waals surface area contributed by atoms with Gasteiger partial charge < -0.3 is 10.5 Å². The van der Waals surface area contributed by atoms with E-state index in [1.54, 1.807) is 0 Å². The van der Waals surface area contributed by atoms with Crippen molar-refractivity contribution in [3.05, 3.63) is 35.9 Å². The Kier molecular flexibility index (Phi) is 4.15. The summed E-state index contributed by atoms with van der Waals surface area (Å²) < 4.78 is 0. The van der Waals surface area contributed by atoms with Crippen molar-refractivity contribution in [3.8, 4) is 0 Å². The summed E-state index contributed by atoms with van der Waals surface area (Å²) in [6.45, 7) is 0.330. The number of nitrogens with two attached hydrogens (primary N) is 1. The maximum absolute atomic E-state index is 10.6. The van der Waals surface area contributed by atoms with Crippen LogP contribution in [0.5, 0.6) is 0 Å². The predicted octanol–water partition coefficient (Wildman–Crippen LogP) is 0.302. The average molecular weight is 178 g/mol. The van der Waals surface area contributed by atoms with Crippen LogP contribution in [0.15, 0.2) is 30.3 Å². The Labute approximate surface area is 77.9 Å². The second-order valence-corrected chi connectivity index (χ2v) is 2.84. The van der Waals surface area contributed by atoms with E-state index >= 15 is 0 Å². The normalized spacial score (nSPS) is 12.4. The molecule has 70 valence electrons. The fraction of sp³-hybridized carbons (Fsp3) is 0.300. The number of hydrogen-bond donors (Lipinski definition) is 2. The number of aldehydes is 1. The first-order valence-electron chi connectivity index (χ1n) is 4.29. The van der Waals surface area contributed by atoms with Crippen molar-refractivity contribution in [2.75, 3.05) is 6.67 Å². The molecule has 0 saturated heterocycles. The smallest absolute Gasteiger partial charge is 0.137 e. The van der Waals surface area contributed by atoms with E-state index in [-0.39, 0.29) is 6.04 Å². The Morgan fingerprint density at radius 1 is 1.38 bits per heavy atom. The number of nitrogens with one attached hydrogen (secondary N) is 1. The van der Waals surface area contributed by atoms with Gasteiger partial charge in [0.25, 0.3) is 0 Å². The Hall–Kier alpha value is -1.19. The van der Waals surface area contributed by atoms with Gasteiger partial charge in [0.2, 0.25) is 0 Å². The first-order chi connectivity index (χ1) is 6.36. The summed E-state index contributed by atoms with van der Waals surface area (Å²) in [6.07, 6.45) is 1.58. The van der Waals surface area contributed by atoms with Crippen LogP contribution in [0.25, 0.3) is 0 Å². The third-order valence-electron chi connectivity index (χ3n) is 1.84. The van der Waals surface area contributed by atoms with Crippen LogP contribution in [0.4, 0.5) is 0 Å². The molecule has 0 fully saturated rings. The van der Waals surface area contributed by atoms with Crippen LogP contribution in [0.3, 0.4) is 0 Å². The van der Waals surface area contributed by atoms with Crippen molar-refractivity contribution in [3.63, 3.8) is 0 Å². The van der Waals surface area contributed by atoms with E-state index in [2.05, 4.69) is 5.32 Å². The lowest BCUT2D eigenvalue weighted by atomic mass is 10.1. The Bertz CT molecular complexity index is 248. The fourth-order valence-corrected chi connectivity index (χ4v) is 1.19. The van der Waals surface area contributed by atoms with Gasteiger partial charge in [0.15, 0.2) is 0 Å². The monoisotopic (exact) mass is 178 g/mol. The standard InChI is InChI=1S/C10H14N2O/c11-8-12-10(7-13)6-9-4-2-1-3-5-9/h1-5,7,10,12H,6,8,11H2. The van der Waals surface area contributed by atoms with E-state index in [1.807, 2.05) is 30.3 Å². The largest absolute Gasteiger partial charge is 0.318 e. The van der Waals surface area contributed by atoms with Gasteiger partial charge in [-0.1, -0.05) is 30.3 Å². The summed E-state index contributed by atoms with van der Waals surface area (Å²) in [4.78, 5) is 10.6. The van der Waals surface area contributed by atoms with E-state index in [4.69, 9.17) is 5.73 Å². The van der Waals surface area contributed by atoms with E-state index < -0.39 is 0 Å². The Morgan fingerprint density at radius 3 is 2.62 bits per heavy atom. The van der Waals surface area contributed by atoms with E-state index in [9.17, 15) is 4.79 Å². The van der Waals surface area contributed by atoms with Crippen LogP contribution in [0.1, 0.15) is 5.56 Å². The first kappa shape index (κ1) is 9.89. The van der Waals surface area contributed by atoms with Crippen molar-refractivity contribution in [2.45, 2.75) is 12.5 Å². The molecule has 3 N–H and O–H groups in total. The maximum Gasteiger partial charge on any atom is 0.137 e. The molecule has 0 spiro atoms. The summed E-state index contributed by atoms with van der Waals surface area (Å²) >= 11 is 0. The van der Waals surface area contributed by atoms with Gasteiger partial charge in [-0.15, -0.1) is 0 Å². The number of benzene rings is 1. The summed E-state index contributed by atoms with van der Waals surface area (Å²) in [5, 5.41) is 2.89. The molecule has 3 nitrogen and oxygen atoms in total. The van der Waals surface area contributed by atoms with Crippen LogP contribution >= 0.6 is 0 Å². The van der Waals surface area contributed by atoms with Gasteiger partial charge in [-0.25, -0.2) is 0 Å². The number of carbonyl (C=O) groups is 1. The average Bonchev–Trinajstić information content (AvgIpc) is 2.19. The van der Waals surface area contributed by atoms with E-state index in [0.29, 0.717) is 13.1 Å². The van der Waals surface area contributed by atoms with Gasteiger partial charge >= 0.3 is 0 Å². The minimum absolute atomic E-state index is 0.174. The highest BCUT2D eigenvalue weighted by Gasteiger charge is 2.05. The van der Waals surface area contributed by atoms with Gasteiger partial charge in [0, 0.05) is 6.67 Å². The highest BCUT2D eigenvalue weighted by Crippen LogP contribution is 2.01. The molecule has 0 aromatic heterocycles. The second kappa shape index (κ2) is 5.45. The van der Waals surface area contributed by atoms with Crippen LogP contribution < -0.4 is 11.1 Å². The molecule has 1 atom stereocenters. The summed E-state index contributed by atoms with van der Waals surface area (Å²) in [6, 6.07) is 9.69. The van der Waals surface area contributed by atoms with Gasteiger partial charge in [-0.2, -0.15) is 0 Å². The molecule has 1 aromatic carbocycles. The van der Waals surface area contributed by atoms with Crippen LogP contribution in [-0.2, 0) is 11.2 Å². The van der Waals surface area contributed by atoms with Crippen molar-refractivity contribution in [1.29, 1.82) is 0 Å². The molecule has 0 radical (unpaired) electrons. The SMILES string of the molecule is NCNC(C=O)Cc1ccccc1. The quantitative estimate of drug-likeness (QED) is 0.503. The van der Waals surface area contributed by atoms with Crippen LogP contribution in [0.2, 0.25) is 0 Å². The first-order valence-corrected chi connectivity index (χ1v) is 4.29. The zero-order valence-electron chi connectivity index (χ0n) is 7.44. The molecule has 1 rings (SSSR count). The summed E-state index contributed by atoms with van der Waals surface area (Å²) in [5.41, 5.74) is 6.43. The van der Waals surface area contributed by atoms with Crippen LogP contribution in [-0.4, -0.2) is 19.0 Å². The van der Waals surface area contributed by atoms with E-state index in [1.165, 1.54) is 0 Å². The lowest BCUT2D eigenvalue weighted by Crippen LogP contribution is -2.36. The van der Waals surface area contributed by atoms with Gasteiger partial charge in [0.1, 0.15) is 6.29 Å². The van der Waals surface area contributed by atoms with Gasteiger partial charge in [-0.05, 0) is 12.0 Å². The molecular formula is C10H14N2O. The molecule has 0 aliphatic carbocycles. The topological polar surface area (TPSA) is 55.1 Å². The van der Waals surface area contributed by atoms with Gasteiger partial charge in [-0.3, -0.25) is 5.32 Å². The molecule has 13 heavy (non-hydrogen) atoms. The molecule has 1 unspecified atom stereocenters. The number of hydrogen-bond acceptors (Lipinski definition) is 3. The second-order valence-electron chi connectivity index (χ2n) is 2.84. The van der Waals surface area contributed by atoms with Crippen molar-refractivity contribution in [2.24, 2.45) is 5.73 Å². The highest BCUT2D eigenvalue weighted by atomic mass is 16.1. The van der Waals surface area contributed by atoms with Gasteiger partial charge in [0.05, 0.1) is 6.04 Å². The fourth-order valence-electron chi connectivity index (χ4n) is 1.19. The minimum atomic E-state index is -0.174. The molecule has 0 aliphatic rings. The third kappa shape index (κ3) is 3.36. The van der Waals surface area contributed by atoms with E-state index in [0.717, 1.165) is 11.8 Å². The third-order valence-corrected chi connectivity index (χ3v) is 1.84. The summed E-state index contributed by atoms with van der Waals surface area (Å²) in [5.74, 6) is 0. The number of rotatable bonds is 5. The molecule has 0 aliphatic heterocycles. The molecule has 0 bridgehead atoms. The molecule has 0 heterocycles. The molecular weight excluding hydrogens is 164 g/mol. The zero-order chi connectivity index (χ0) is 9.52. The van der Waals surface area contributed by atoms with Crippen molar-refractivity contribution < 1.29 is 4.79 Å². The van der Waals surface area contributed by atoms with Crippen LogP contribution in [0, 0.1) is 0 Å². The lowest BCUT2D eigenvalue weighted by Gasteiger charge is -2.10. The maximum atomic E-state index is 10.6. The molecule has 0 saturated carbocycles.